The quantitative estimate of drug-likeness (QED) is 0.589. The summed E-state index contributed by atoms with van der Waals surface area (Å²) in [6, 6.07) is 3.38. The van der Waals surface area contributed by atoms with E-state index >= 15 is 0 Å². The third kappa shape index (κ3) is 4.62. The first-order valence-corrected chi connectivity index (χ1v) is 6.01. The number of aromatic carboxylic acids is 1. The molecule has 3 nitrogen and oxygen atoms in total. The third-order valence-corrected chi connectivity index (χ3v) is 2.66. The number of pyridine rings is 1. The van der Waals surface area contributed by atoms with Gasteiger partial charge in [-0.2, -0.15) is 0 Å². The predicted molar refractivity (Wildman–Crippen MR) is 64.1 cm³/mol. The lowest BCUT2D eigenvalue weighted by Gasteiger charge is -2.01. The van der Waals surface area contributed by atoms with Gasteiger partial charge in [0.15, 0.2) is 0 Å². The summed E-state index contributed by atoms with van der Waals surface area (Å²) < 4.78 is 0. The zero-order valence-corrected chi connectivity index (χ0v) is 9.91. The van der Waals surface area contributed by atoms with E-state index < -0.39 is 5.97 Å². The summed E-state index contributed by atoms with van der Waals surface area (Å²) in [7, 11) is 0. The molecule has 0 amide bonds. The number of nitrogens with zero attached hydrogens (tertiary/aromatic N) is 1. The Bertz CT molecular complexity index is 324. The molecule has 1 N–H and O–H groups in total. The molecule has 0 aromatic carbocycles. The first-order chi connectivity index (χ1) is 7.74. The second-order valence-corrected chi connectivity index (χ2v) is 4.09. The largest absolute Gasteiger partial charge is 0.477 e. The number of carboxylic acids is 1. The van der Waals surface area contributed by atoms with Crippen molar-refractivity contribution >= 4 is 17.6 Å². The van der Waals surface area contributed by atoms with Crippen molar-refractivity contribution in [2.75, 3.05) is 5.88 Å². The SMILES string of the molecule is O=C(O)c1ccc(CCCCCCCl)cn1. The zero-order valence-electron chi connectivity index (χ0n) is 9.16. The first-order valence-electron chi connectivity index (χ1n) is 5.48. The Kier molecular flexibility index (Phi) is 5.86. The van der Waals surface area contributed by atoms with Crippen LogP contribution in [0, 0.1) is 0 Å². The molecule has 0 aliphatic rings. The van der Waals surface area contributed by atoms with Gasteiger partial charge >= 0.3 is 5.97 Å². The van der Waals surface area contributed by atoms with Crippen LogP contribution in [0.1, 0.15) is 41.7 Å². The molecule has 4 heteroatoms. The van der Waals surface area contributed by atoms with Crippen LogP contribution in [0.3, 0.4) is 0 Å². The Hall–Kier alpha value is -1.09. The van der Waals surface area contributed by atoms with E-state index in [2.05, 4.69) is 4.98 Å². The highest BCUT2D eigenvalue weighted by Crippen LogP contribution is 2.08. The number of aryl methyl sites for hydroxylation is 1. The highest BCUT2D eigenvalue weighted by atomic mass is 35.5. The lowest BCUT2D eigenvalue weighted by atomic mass is 10.1. The number of unbranched alkanes of at least 4 members (excludes halogenated alkanes) is 3. The average Bonchev–Trinajstić information content (AvgIpc) is 2.29. The molecule has 0 saturated heterocycles. The van der Waals surface area contributed by atoms with E-state index in [4.69, 9.17) is 16.7 Å². The molecule has 0 bridgehead atoms. The van der Waals surface area contributed by atoms with Crippen molar-refractivity contribution in [2.45, 2.75) is 32.1 Å². The van der Waals surface area contributed by atoms with Gasteiger partial charge in [-0.25, -0.2) is 9.78 Å². The highest BCUT2D eigenvalue weighted by molar-refractivity contribution is 6.17. The smallest absolute Gasteiger partial charge is 0.354 e. The van der Waals surface area contributed by atoms with Crippen LogP contribution in [0.2, 0.25) is 0 Å². The summed E-state index contributed by atoms with van der Waals surface area (Å²) in [4.78, 5) is 14.4. The number of rotatable bonds is 7. The van der Waals surface area contributed by atoms with E-state index in [1.807, 2.05) is 6.07 Å². The first kappa shape index (κ1) is 13.0. The van der Waals surface area contributed by atoms with Crippen molar-refractivity contribution in [2.24, 2.45) is 0 Å². The van der Waals surface area contributed by atoms with Crippen molar-refractivity contribution in [3.8, 4) is 0 Å². The molecule has 16 heavy (non-hydrogen) atoms. The molecule has 0 saturated carbocycles. The van der Waals surface area contributed by atoms with Crippen LogP contribution in [0.25, 0.3) is 0 Å². The van der Waals surface area contributed by atoms with Gasteiger partial charge in [0, 0.05) is 12.1 Å². The summed E-state index contributed by atoms with van der Waals surface area (Å²) >= 11 is 5.58. The molecular weight excluding hydrogens is 226 g/mol. The van der Waals surface area contributed by atoms with Gasteiger partial charge in [-0.1, -0.05) is 18.9 Å². The lowest BCUT2D eigenvalue weighted by molar-refractivity contribution is 0.0690. The van der Waals surface area contributed by atoms with Crippen LogP contribution in [0.15, 0.2) is 18.3 Å². The maximum absolute atomic E-state index is 10.6. The normalized spacial score (nSPS) is 10.3. The Labute approximate surface area is 100 Å². The number of halogens is 1. The van der Waals surface area contributed by atoms with Gasteiger partial charge in [-0.05, 0) is 30.9 Å². The van der Waals surface area contributed by atoms with Gasteiger partial charge < -0.3 is 5.11 Å². The molecule has 0 fully saturated rings. The molecule has 0 spiro atoms. The van der Waals surface area contributed by atoms with Crippen LogP contribution in [-0.2, 0) is 6.42 Å². The number of carbonyl (C=O) groups is 1. The van der Waals surface area contributed by atoms with Crippen molar-refractivity contribution in [3.05, 3.63) is 29.6 Å². The lowest BCUT2D eigenvalue weighted by Crippen LogP contribution is -2.00. The Morgan fingerprint density at radius 3 is 2.56 bits per heavy atom. The molecule has 1 heterocycles. The van der Waals surface area contributed by atoms with Gasteiger partial charge in [0.2, 0.25) is 0 Å². The van der Waals surface area contributed by atoms with Gasteiger partial charge in [-0.3, -0.25) is 0 Å². The number of hydrogen-bond donors (Lipinski definition) is 1. The minimum Gasteiger partial charge on any atom is -0.477 e. The van der Waals surface area contributed by atoms with Crippen molar-refractivity contribution in [3.63, 3.8) is 0 Å². The van der Waals surface area contributed by atoms with Crippen LogP contribution < -0.4 is 0 Å². The summed E-state index contributed by atoms with van der Waals surface area (Å²) in [5, 5.41) is 8.67. The van der Waals surface area contributed by atoms with Crippen molar-refractivity contribution in [1.82, 2.24) is 4.98 Å². The van der Waals surface area contributed by atoms with Crippen molar-refractivity contribution in [1.29, 1.82) is 0 Å². The van der Waals surface area contributed by atoms with Crippen LogP contribution in [0.4, 0.5) is 0 Å². The molecule has 0 atom stereocenters. The minimum atomic E-state index is -0.978. The highest BCUT2D eigenvalue weighted by Gasteiger charge is 2.03. The van der Waals surface area contributed by atoms with Crippen LogP contribution in [-0.4, -0.2) is 21.9 Å². The predicted octanol–water partition coefficient (Wildman–Crippen LogP) is 3.12. The van der Waals surface area contributed by atoms with E-state index in [0.717, 1.165) is 43.5 Å². The standard InChI is InChI=1S/C12H16ClNO2/c13-8-4-2-1-3-5-10-6-7-11(12(15)16)14-9-10/h6-7,9H,1-5,8H2,(H,15,16). The number of hydrogen-bond acceptors (Lipinski definition) is 2. The van der Waals surface area contributed by atoms with Gasteiger partial charge in [0.1, 0.15) is 5.69 Å². The number of aromatic nitrogens is 1. The molecular formula is C12H16ClNO2. The van der Waals surface area contributed by atoms with E-state index in [9.17, 15) is 4.79 Å². The van der Waals surface area contributed by atoms with Crippen LogP contribution in [0.5, 0.6) is 0 Å². The molecule has 1 rings (SSSR count). The molecule has 0 unspecified atom stereocenters. The number of alkyl halides is 1. The molecule has 1 aromatic rings. The average molecular weight is 242 g/mol. The van der Waals surface area contributed by atoms with Crippen molar-refractivity contribution < 1.29 is 9.90 Å². The van der Waals surface area contributed by atoms with E-state index in [1.165, 1.54) is 0 Å². The second-order valence-electron chi connectivity index (χ2n) is 3.71. The fraction of sp³-hybridized carbons (Fsp3) is 0.500. The van der Waals surface area contributed by atoms with Gasteiger partial charge in [0.05, 0.1) is 0 Å². The monoisotopic (exact) mass is 241 g/mol. The molecule has 0 aliphatic heterocycles. The maximum atomic E-state index is 10.6. The molecule has 88 valence electrons. The Morgan fingerprint density at radius 1 is 1.25 bits per heavy atom. The second kappa shape index (κ2) is 7.23. The van der Waals surface area contributed by atoms with E-state index in [0.29, 0.717) is 0 Å². The maximum Gasteiger partial charge on any atom is 0.354 e. The fourth-order valence-corrected chi connectivity index (χ4v) is 1.67. The summed E-state index contributed by atoms with van der Waals surface area (Å²) in [6.45, 7) is 0. The van der Waals surface area contributed by atoms with E-state index in [1.54, 1.807) is 12.3 Å². The molecule has 0 radical (unpaired) electrons. The Morgan fingerprint density at radius 2 is 2.00 bits per heavy atom. The van der Waals surface area contributed by atoms with Crippen LogP contribution >= 0.6 is 11.6 Å². The fourth-order valence-electron chi connectivity index (χ4n) is 1.48. The van der Waals surface area contributed by atoms with Gasteiger partial charge in [0.25, 0.3) is 0 Å². The third-order valence-electron chi connectivity index (χ3n) is 2.39. The summed E-state index contributed by atoms with van der Waals surface area (Å²) in [5.74, 6) is -0.247. The Balaban J connectivity index is 2.29. The minimum absolute atomic E-state index is 0.103. The topological polar surface area (TPSA) is 50.2 Å². The van der Waals surface area contributed by atoms with E-state index in [-0.39, 0.29) is 5.69 Å². The summed E-state index contributed by atoms with van der Waals surface area (Å²) in [5.41, 5.74) is 1.20. The number of carboxylic acid groups (broad SMARTS) is 1. The molecule has 0 aliphatic carbocycles. The summed E-state index contributed by atoms with van der Waals surface area (Å²) in [6.07, 6.45) is 7.08. The molecule has 1 aromatic heterocycles. The van der Waals surface area contributed by atoms with Gasteiger partial charge in [-0.15, -0.1) is 11.6 Å². The zero-order chi connectivity index (χ0) is 11.8.